The van der Waals surface area contributed by atoms with Crippen molar-refractivity contribution >= 4 is 5.97 Å². The van der Waals surface area contributed by atoms with Crippen LogP contribution in [0.5, 0.6) is 0 Å². The maximum absolute atomic E-state index is 11.7. The van der Waals surface area contributed by atoms with Gasteiger partial charge in [-0.1, -0.05) is 6.92 Å². The van der Waals surface area contributed by atoms with Crippen LogP contribution < -0.4 is 5.32 Å². The number of carboxylic acid groups (broad SMARTS) is 1. The minimum atomic E-state index is -2.32. The van der Waals surface area contributed by atoms with E-state index in [1.165, 1.54) is 0 Å². The molecule has 0 fully saturated rings. The minimum absolute atomic E-state index is 0.149. The quantitative estimate of drug-likeness (QED) is 0.598. The van der Waals surface area contributed by atoms with E-state index in [-0.39, 0.29) is 18.9 Å². The molecule has 1 unspecified atom stereocenters. The lowest BCUT2D eigenvalue weighted by molar-refractivity contribution is -0.137. The maximum atomic E-state index is 11.7. The second-order valence-electron chi connectivity index (χ2n) is 3.42. The van der Waals surface area contributed by atoms with E-state index >= 15 is 0 Å². The third-order valence-corrected chi connectivity index (χ3v) is 1.96. The lowest BCUT2D eigenvalue weighted by Crippen LogP contribution is -2.23. The Morgan fingerprint density at radius 1 is 1.43 bits per heavy atom. The first-order valence-electron chi connectivity index (χ1n) is 4.73. The fourth-order valence-electron chi connectivity index (χ4n) is 1.07. The molecule has 0 bridgehead atoms. The molecule has 0 aromatic carbocycles. The van der Waals surface area contributed by atoms with E-state index in [1.807, 2.05) is 6.92 Å². The molecule has 84 valence electrons. The van der Waals surface area contributed by atoms with Crippen LogP contribution in [0, 0.1) is 5.92 Å². The monoisotopic (exact) mass is 209 g/mol. The molecule has 0 saturated carbocycles. The van der Waals surface area contributed by atoms with Gasteiger partial charge < -0.3 is 10.4 Å². The van der Waals surface area contributed by atoms with Crippen LogP contribution in [-0.2, 0) is 4.79 Å². The molecule has 0 aliphatic carbocycles. The standard InChI is InChI=1S/C9H17F2NO2/c1-7(2-3-9(13)14)4-5-12-6-8(10)11/h7-8,12H,2-6H2,1H3,(H,13,14). The van der Waals surface area contributed by atoms with E-state index in [2.05, 4.69) is 5.32 Å². The second kappa shape index (κ2) is 7.67. The fourth-order valence-corrected chi connectivity index (χ4v) is 1.07. The summed E-state index contributed by atoms with van der Waals surface area (Å²) in [5.41, 5.74) is 0. The molecule has 0 aliphatic rings. The fraction of sp³-hybridized carbons (Fsp3) is 0.889. The molecular weight excluding hydrogens is 192 g/mol. The summed E-state index contributed by atoms with van der Waals surface area (Å²) in [5, 5.41) is 11.0. The average Bonchev–Trinajstić information content (AvgIpc) is 2.08. The number of halogens is 2. The van der Waals surface area contributed by atoms with Crippen molar-refractivity contribution in [3.8, 4) is 0 Å². The summed E-state index contributed by atoms with van der Waals surface area (Å²) >= 11 is 0. The molecule has 0 amide bonds. The molecule has 0 radical (unpaired) electrons. The van der Waals surface area contributed by atoms with E-state index in [4.69, 9.17) is 5.11 Å². The van der Waals surface area contributed by atoms with Crippen molar-refractivity contribution in [2.24, 2.45) is 5.92 Å². The van der Waals surface area contributed by atoms with E-state index in [9.17, 15) is 13.6 Å². The summed E-state index contributed by atoms with van der Waals surface area (Å²) in [4.78, 5) is 10.2. The summed E-state index contributed by atoms with van der Waals surface area (Å²) in [7, 11) is 0. The predicted octanol–water partition coefficient (Wildman–Crippen LogP) is 1.73. The van der Waals surface area contributed by atoms with E-state index < -0.39 is 12.4 Å². The normalized spacial score (nSPS) is 13.1. The molecule has 0 aromatic heterocycles. The van der Waals surface area contributed by atoms with Gasteiger partial charge in [0, 0.05) is 6.42 Å². The Morgan fingerprint density at radius 2 is 2.07 bits per heavy atom. The van der Waals surface area contributed by atoms with Gasteiger partial charge in [0.05, 0.1) is 6.54 Å². The van der Waals surface area contributed by atoms with Gasteiger partial charge in [0.2, 0.25) is 0 Å². The van der Waals surface area contributed by atoms with Crippen molar-refractivity contribution in [2.75, 3.05) is 13.1 Å². The highest BCUT2D eigenvalue weighted by Gasteiger charge is 2.06. The number of carbonyl (C=O) groups is 1. The van der Waals surface area contributed by atoms with Crippen LogP contribution in [0.3, 0.4) is 0 Å². The van der Waals surface area contributed by atoms with Gasteiger partial charge in [0.25, 0.3) is 6.43 Å². The van der Waals surface area contributed by atoms with Gasteiger partial charge in [-0.25, -0.2) is 8.78 Å². The molecule has 0 heterocycles. The number of rotatable bonds is 8. The molecule has 14 heavy (non-hydrogen) atoms. The highest BCUT2D eigenvalue weighted by Crippen LogP contribution is 2.09. The van der Waals surface area contributed by atoms with E-state index in [0.29, 0.717) is 13.0 Å². The van der Waals surface area contributed by atoms with Crippen LogP contribution in [0.4, 0.5) is 8.78 Å². The van der Waals surface area contributed by atoms with Crippen molar-refractivity contribution in [1.29, 1.82) is 0 Å². The molecule has 0 rings (SSSR count). The zero-order chi connectivity index (χ0) is 11.0. The van der Waals surface area contributed by atoms with Crippen molar-refractivity contribution in [2.45, 2.75) is 32.6 Å². The molecule has 0 aliphatic heterocycles. The van der Waals surface area contributed by atoms with Crippen LogP contribution >= 0.6 is 0 Å². The Hall–Kier alpha value is -0.710. The summed E-state index contributed by atoms with van der Waals surface area (Å²) in [6.07, 6.45) is -0.828. The minimum Gasteiger partial charge on any atom is -0.481 e. The predicted molar refractivity (Wildman–Crippen MR) is 49.5 cm³/mol. The largest absolute Gasteiger partial charge is 0.481 e. The topological polar surface area (TPSA) is 49.3 Å². The smallest absolute Gasteiger partial charge is 0.303 e. The van der Waals surface area contributed by atoms with Gasteiger partial charge in [-0.2, -0.15) is 0 Å². The van der Waals surface area contributed by atoms with Crippen molar-refractivity contribution < 1.29 is 18.7 Å². The number of hydrogen-bond donors (Lipinski definition) is 2. The number of carboxylic acids is 1. The Morgan fingerprint density at radius 3 is 2.57 bits per heavy atom. The lowest BCUT2D eigenvalue weighted by Gasteiger charge is -2.10. The van der Waals surface area contributed by atoms with Crippen LogP contribution in [0.15, 0.2) is 0 Å². The summed E-state index contributed by atoms with van der Waals surface area (Å²) in [6.45, 7) is 2.16. The van der Waals surface area contributed by atoms with E-state index in [1.54, 1.807) is 0 Å². The molecule has 1 atom stereocenters. The zero-order valence-corrected chi connectivity index (χ0v) is 8.30. The summed E-state index contributed by atoms with van der Waals surface area (Å²) < 4.78 is 23.3. The van der Waals surface area contributed by atoms with Gasteiger partial charge in [0.15, 0.2) is 0 Å². The van der Waals surface area contributed by atoms with Gasteiger partial charge in [-0.05, 0) is 25.3 Å². The van der Waals surface area contributed by atoms with Crippen molar-refractivity contribution in [3.63, 3.8) is 0 Å². The molecule has 0 saturated heterocycles. The van der Waals surface area contributed by atoms with Crippen LogP contribution in [0.1, 0.15) is 26.2 Å². The molecule has 2 N–H and O–H groups in total. The molecule has 3 nitrogen and oxygen atoms in total. The van der Waals surface area contributed by atoms with Gasteiger partial charge >= 0.3 is 5.97 Å². The molecular formula is C9H17F2NO2. The van der Waals surface area contributed by atoms with Gasteiger partial charge in [-0.3, -0.25) is 4.79 Å². The van der Waals surface area contributed by atoms with Crippen LogP contribution in [0.2, 0.25) is 0 Å². The highest BCUT2D eigenvalue weighted by molar-refractivity contribution is 5.66. The molecule has 5 heteroatoms. The summed E-state index contributed by atoms with van der Waals surface area (Å²) in [6, 6.07) is 0. The van der Waals surface area contributed by atoms with Gasteiger partial charge in [0.1, 0.15) is 0 Å². The third kappa shape index (κ3) is 9.38. The molecule has 0 aromatic rings. The number of hydrogen-bond acceptors (Lipinski definition) is 2. The first-order chi connectivity index (χ1) is 6.52. The molecule has 0 spiro atoms. The van der Waals surface area contributed by atoms with Gasteiger partial charge in [-0.15, -0.1) is 0 Å². The Bertz CT molecular complexity index is 165. The lowest BCUT2D eigenvalue weighted by atomic mass is 10.0. The van der Waals surface area contributed by atoms with Crippen LogP contribution in [-0.4, -0.2) is 30.6 Å². The third-order valence-electron chi connectivity index (χ3n) is 1.96. The van der Waals surface area contributed by atoms with Crippen molar-refractivity contribution in [1.82, 2.24) is 5.32 Å². The van der Waals surface area contributed by atoms with Crippen LogP contribution in [0.25, 0.3) is 0 Å². The number of alkyl halides is 2. The Labute approximate surface area is 82.5 Å². The Kier molecular flexibility index (Phi) is 7.28. The SMILES string of the molecule is CC(CCNCC(F)F)CCC(=O)O. The maximum Gasteiger partial charge on any atom is 0.303 e. The first-order valence-corrected chi connectivity index (χ1v) is 4.73. The second-order valence-corrected chi connectivity index (χ2v) is 3.42. The number of aliphatic carboxylic acids is 1. The Balaban J connectivity index is 3.26. The highest BCUT2D eigenvalue weighted by atomic mass is 19.3. The van der Waals surface area contributed by atoms with E-state index in [0.717, 1.165) is 6.42 Å². The number of nitrogens with one attached hydrogen (secondary N) is 1. The summed E-state index contributed by atoms with van der Waals surface area (Å²) in [5.74, 6) is -0.548. The zero-order valence-electron chi connectivity index (χ0n) is 8.30. The average molecular weight is 209 g/mol. The van der Waals surface area contributed by atoms with Crippen molar-refractivity contribution in [3.05, 3.63) is 0 Å². The first kappa shape index (κ1) is 13.3.